The first-order valence-corrected chi connectivity index (χ1v) is 7.25. The number of hydrogen-bond acceptors (Lipinski definition) is 3. The third-order valence-corrected chi connectivity index (χ3v) is 3.76. The Morgan fingerprint density at radius 2 is 2.10 bits per heavy atom. The van der Waals surface area contributed by atoms with Gasteiger partial charge >= 0.3 is 0 Å². The molecule has 0 aliphatic carbocycles. The van der Waals surface area contributed by atoms with E-state index < -0.39 is 0 Å². The van der Waals surface area contributed by atoms with Crippen molar-refractivity contribution in [3.8, 4) is 0 Å². The van der Waals surface area contributed by atoms with Crippen molar-refractivity contribution in [2.24, 2.45) is 5.41 Å². The van der Waals surface area contributed by atoms with Crippen molar-refractivity contribution < 1.29 is 9.53 Å². The smallest absolute Gasteiger partial charge is 0.223 e. The van der Waals surface area contributed by atoms with Crippen molar-refractivity contribution in [3.05, 3.63) is 30.1 Å². The minimum atomic E-state index is 0.0735. The third-order valence-electron chi connectivity index (χ3n) is 3.76. The van der Waals surface area contributed by atoms with Gasteiger partial charge in [0.15, 0.2) is 0 Å². The molecule has 0 spiro atoms. The maximum absolute atomic E-state index is 12.3. The SMILES string of the molecule is CC(C)(C)C1CN(C(=O)CCc2ccncc2)CCO1. The van der Waals surface area contributed by atoms with Crippen LogP contribution in [0.15, 0.2) is 24.5 Å². The van der Waals surface area contributed by atoms with E-state index in [1.54, 1.807) is 12.4 Å². The van der Waals surface area contributed by atoms with Gasteiger partial charge in [0.25, 0.3) is 0 Å². The van der Waals surface area contributed by atoms with Crippen molar-refractivity contribution in [1.29, 1.82) is 0 Å². The largest absolute Gasteiger partial charge is 0.374 e. The fraction of sp³-hybridized carbons (Fsp3) is 0.625. The number of aromatic nitrogens is 1. The molecule has 0 bridgehead atoms. The number of carbonyl (C=O) groups is 1. The Labute approximate surface area is 121 Å². The number of morpholine rings is 1. The standard InChI is InChI=1S/C16H24N2O2/c1-16(2,3)14-12-18(10-11-20-14)15(19)5-4-13-6-8-17-9-7-13/h6-9,14H,4-5,10-12H2,1-3H3. The number of ether oxygens (including phenoxy) is 1. The summed E-state index contributed by atoms with van der Waals surface area (Å²) >= 11 is 0. The molecular formula is C16H24N2O2. The van der Waals surface area contributed by atoms with Crippen LogP contribution >= 0.6 is 0 Å². The Hall–Kier alpha value is -1.42. The highest BCUT2D eigenvalue weighted by molar-refractivity contribution is 5.76. The summed E-state index contributed by atoms with van der Waals surface area (Å²) in [6, 6.07) is 3.93. The predicted molar refractivity (Wildman–Crippen MR) is 78.3 cm³/mol. The number of aryl methyl sites for hydroxylation is 1. The molecule has 0 aromatic carbocycles. The summed E-state index contributed by atoms with van der Waals surface area (Å²) in [6.07, 6.45) is 5.00. The van der Waals surface area contributed by atoms with Gasteiger partial charge in [0.05, 0.1) is 12.7 Å². The molecule has 0 N–H and O–H groups in total. The maximum atomic E-state index is 12.3. The molecule has 1 aliphatic rings. The monoisotopic (exact) mass is 276 g/mol. The second-order valence-electron chi connectivity index (χ2n) is 6.42. The molecule has 2 rings (SSSR count). The Morgan fingerprint density at radius 1 is 1.40 bits per heavy atom. The van der Waals surface area contributed by atoms with Gasteiger partial charge in [-0.2, -0.15) is 0 Å². The molecule has 20 heavy (non-hydrogen) atoms. The lowest BCUT2D eigenvalue weighted by Gasteiger charge is -2.39. The average Bonchev–Trinajstić information content (AvgIpc) is 2.45. The van der Waals surface area contributed by atoms with E-state index in [-0.39, 0.29) is 17.4 Å². The first-order chi connectivity index (χ1) is 9.47. The molecule has 0 saturated carbocycles. The molecule has 1 atom stereocenters. The lowest BCUT2D eigenvalue weighted by Crippen LogP contribution is -2.50. The van der Waals surface area contributed by atoms with Crippen LogP contribution in [0.5, 0.6) is 0 Å². The molecule has 4 heteroatoms. The lowest BCUT2D eigenvalue weighted by atomic mass is 9.88. The molecule has 2 heterocycles. The molecule has 1 aromatic heterocycles. The van der Waals surface area contributed by atoms with Crippen LogP contribution in [0.2, 0.25) is 0 Å². The summed E-state index contributed by atoms with van der Waals surface area (Å²) in [5, 5.41) is 0. The highest BCUT2D eigenvalue weighted by atomic mass is 16.5. The van der Waals surface area contributed by atoms with E-state index in [2.05, 4.69) is 25.8 Å². The van der Waals surface area contributed by atoms with Crippen LogP contribution in [-0.2, 0) is 16.0 Å². The van der Waals surface area contributed by atoms with Crippen molar-refractivity contribution >= 4 is 5.91 Å². The van der Waals surface area contributed by atoms with E-state index in [1.165, 1.54) is 0 Å². The van der Waals surface area contributed by atoms with Gasteiger partial charge in [0.1, 0.15) is 0 Å². The number of pyridine rings is 1. The zero-order valence-corrected chi connectivity index (χ0v) is 12.6. The second-order valence-corrected chi connectivity index (χ2v) is 6.42. The number of amides is 1. The van der Waals surface area contributed by atoms with Gasteiger partial charge in [-0.1, -0.05) is 20.8 Å². The molecule has 4 nitrogen and oxygen atoms in total. The first-order valence-electron chi connectivity index (χ1n) is 7.25. The average molecular weight is 276 g/mol. The van der Waals surface area contributed by atoms with Crippen LogP contribution < -0.4 is 0 Å². The van der Waals surface area contributed by atoms with Crippen molar-refractivity contribution in [1.82, 2.24) is 9.88 Å². The number of carbonyl (C=O) groups excluding carboxylic acids is 1. The zero-order chi connectivity index (χ0) is 14.6. The van der Waals surface area contributed by atoms with Gasteiger partial charge in [-0.3, -0.25) is 9.78 Å². The van der Waals surface area contributed by atoms with Crippen LogP contribution in [0.3, 0.4) is 0 Å². The summed E-state index contributed by atoms with van der Waals surface area (Å²) < 4.78 is 5.78. The highest BCUT2D eigenvalue weighted by Crippen LogP contribution is 2.25. The molecule has 1 unspecified atom stereocenters. The molecule has 1 fully saturated rings. The zero-order valence-electron chi connectivity index (χ0n) is 12.6. The molecule has 1 aromatic rings. The van der Waals surface area contributed by atoms with E-state index in [1.807, 2.05) is 17.0 Å². The summed E-state index contributed by atoms with van der Waals surface area (Å²) in [5.41, 5.74) is 1.23. The first kappa shape index (κ1) is 15.0. The van der Waals surface area contributed by atoms with Gasteiger partial charge in [0.2, 0.25) is 5.91 Å². The number of hydrogen-bond donors (Lipinski definition) is 0. The van der Waals surface area contributed by atoms with Gasteiger partial charge in [-0.25, -0.2) is 0 Å². The quantitative estimate of drug-likeness (QED) is 0.850. The van der Waals surface area contributed by atoms with Gasteiger partial charge in [-0.05, 0) is 29.5 Å². The van der Waals surface area contributed by atoms with Crippen LogP contribution in [0.1, 0.15) is 32.8 Å². The van der Waals surface area contributed by atoms with Crippen LogP contribution in [0.25, 0.3) is 0 Å². The predicted octanol–water partition coefficient (Wildman–Crippen LogP) is 2.29. The third kappa shape index (κ3) is 4.04. The van der Waals surface area contributed by atoms with E-state index >= 15 is 0 Å². The van der Waals surface area contributed by atoms with Crippen molar-refractivity contribution in [3.63, 3.8) is 0 Å². The molecule has 1 aliphatic heterocycles. The van der Waals surface area contributed by atoms with Crippen molar-refractivity contribution in [2.75, 3.05) is 19.7 Å². The Morgan fingerprint density at radius 3 is 2.75 bits per heavy atom. The summed E-state index contributed by atoms with van der Waals surface area (Å²) in [7, 11) is 0. The van der Waals surface area contributed by atoms with Gasteiger partial charge < -0.3 is 9.64 Å². The van der Waals surface area contributed by atoms with Crippen LogP contribution in [0.4, 0.5) is 0 Å². The van der Waals surface area contributed by atoms with E-state index in [0.29, 0.717) is 26.1 Å². The topological polar surface area (TPSA) is 42.4 Å². The molecule has 1 saturated heterocycles. The fourth-order valence-corrected chi connectivity index (χ4v) is 2.36. The van der Waals surface area contributed by atoms with Gasteiger partial charge in [-0.15, -0.1) is 0 Å². The van der Waals surface area contributed by atoms with E-state index in [9.17, 15) is 4.79 Å². The highest BCUT2D eigenvalue weighted by Gasteiger charge is 2.32. The minimum absolute atomic E-state index is 0.0735. The maximum Gasteiger partial charge on any atom is 0.223 e. The van der Waals surface area contributed by atoms with Crippen LogP contribution in [0, 0.1) is 5.41 Å². The second kappa shape index (κ2) is 6.35. The number of rotatable bonds is 3. The normalized spacial score (nSPS) is 19.9. The molecule has 110 valence electrons. The summed E-state index contributed by atoms with van der Waals surface area (Å²) in [5.74, 6) is 0.222. The van der Waals surface area contributed by atoms with Gasteiger partial charge in [0, 0.05) is 31.9 Å². The molecule has 0 radical (unpaired) electrons. The summed E-state index contributed by atoms with van der Waals surface area (Å²) in [4.78, 5) is 18.2. The molecule has 1 amide bonds. The fourth-order valence-electron chi connectivity index (χ4n) is 2.36. The lowest BCUT2D eigenvalue weighted by molar-refractivity contribution is -0.143. The molecular weight excluding hydrogens is 252 g/mol. The van der Waals surface area contributed by atoms with Crippen LogP contribution in [-0.4, -0.2) is 41.6 Å². The van der Waals surface area contributed by atoms with Crippen molar-refractivity contribution in [2.45, 2.75) is 39.7 Å². The number of nitrogens with zero attached hydrogens (tertiary/aromatic N) is 2. The van der Waals surface area contributed by atoms with E-state index in [4.69, 9.17) is 4.74 Å². The Bertz CT molecular complexity index is 440. The minimum Gasteiger partial charge on any atom is -0.374 e. The van der Waals surface area contributed by atoms with E-state index in [0.717, 1.165) is 12.0 Å². The summed E-state index contributed by atoms with van der Waals surface area (Å²) in [6.45, 7) is 8.53. The Kier molecular flexibility index (Phi) is 4.76. The Balaban J connectivity index is 1.86.